The van der Waals surface area contributed by atoms with E-state index < -0.39 is 0 Å². The van der Waals surface area contributed by atoms with Gasteiger partial charge in [0.2, 0.25) is 0 Å². The lowest BCUT2D eigenvalue weighted by Gasteiger charge is -2.27. The average Bonchev–Trinajstić information content (AvgIpc) is 2.46. The Morgan fingerprint density at radius 1 is 1.00 bits per heavy atom. The Hall–Kier alpha value is -1.34. The monoisotopic (exact) mass is 297 g/mol. The molecular formula is C21H31N. The van der Waals surface area contributed by atoms with Crippen LogP contribution in [-0.2, 0) is 6.54 Å². The van der Waals surface area contributed by atoms with Gasteiger partial charge in [-0.2, -0.15) is 0 Å². The number of hydrogen-bond donors (Lipinski definition) is 0. The van der Waals surface area contributed by atoms with Crippen LogP contribution in [0.1, 0.15) is 52.5 Å². The largest absolute Gasteiger partial charge is 0.299 e. The van der Waals surface area contributed by atoms with Crippen LogP contribution in [0.3, 0.4) is 0 Å². The number of benzene rings is 2. The molecule has 0 radical (unpaired) electrons. The van der Waals surface area contributed by atoms with Gasteiger partial charge < -0.3 is 0 Å². The highest BCUT2D eigenvalue weighted by atomic mass is 15.1. The fourth-order valence-electron chi connectivity index (χ4n) is 3.00. The van der Waals surface area contributed by atoms with Crippen LogP contribution in [0, 0.1) is 5.41 Å². The molecule has 0 fully saturated rings. The summed E-state index contributed by atoms with van der Waals surface area (Å²) in [6, 6.07) is 16.0. The minimum atomic E-state index is 0.452. The van der Waals surface area contributed by atoms with Crippen LogP contribution in [0.15, 0.2) is 42.5 Å². The van der Waals surface area contributed by atoms with Gasteiger partial charge in [0.05, 0.1) is 0 Å². The molecule has 120 valence electrons. The van der Waals surface area contributed by atoms with E-state index in [2.05, 4.69) is 82.1 Å². The second kappa shape index (κ2) is 7.28. The molecule has 1 atom stereocenters. The zero-order valence-electron chi connectivity index (χ0n) is 14.9. The molecule has 22 heavy (non-hydrogen) atoms. The normalized spacial score (nSPS) is 13.7. The van der Waals surface area contributed by atoms with Crippen molar-refractivity contribution in [1.82, 2.24) is 4.90 Å². The molecule has 2 aromatic carbocycles. The van der Waals surface area contributed by atoms with E-state index in [0.717, 1.165) is 6.54 Å². The van der Waals surface area contributed by atoms with Gasteiger partial charge in [-0.25, -0.2) is 0 Å². The maximum absolute atomic E-state index is 2.49. The molecule has 1 nitrogen and oxygen atoms in total. The highest BCUT2D eigenvalue weighted by Gasteiger charge is 2.14. The Morgan fingerprint density at radius 3 is 2.41 bits per heavy atom. The lowest BCUT2D eigenvalue weighted by Crippen LogP contribution is -2.28. The quantitative estimate of drug-likeness (QED) is 0.644. The second-order valence-corrected chi connectivity index (χ2v) is 7.86. The first-order chi connectivity index (χ1) is 10.4. The first-order valence-electron chi connectivity index (χ1n) is 8.54. The number of rotatable bonds is 6. The molecule has 0 bridgehead atoms. The standard InChI is InChI=1S/C21H31N/c1-17(10-9-15-21(2,3)4)22(5)16-19-13-8-12-18-11-6-7-14-20(18)19/h6-8,11-14,17H,9-10,15-16H2,1-5H3. The third kappa shape index (κ3) is 4.84. The molecule has 0 heterocycles. The van der Waals surface area contributed by atoms with E-state index in [9.17, 15) is 0 Å². The third-order valence-electron chi connectivity index (χ3n) is 4.60. The summed E-state index contributed by atoms with van der Waals surface area (Å²) in [5, 5.41) is 2.73. The summed E-state index contributed by atoms with van der Waals surface area (Å²) in [5.41, 5.74) is 1.89. The summed E-state index contributed by atoms with van der Waals surface area (Å²) >= 11 is 0. The van der Waals surface area contributed by atoms with Crippen LogP contribution in [0.4, 0.5) is 0 Å². The predicted octanol–water partition coefficient (Wildman–Crippen LogP) is 5.88. The van der Waals surface area contributed by atoms with Crippen molar-refractivity contribution in [2.45, 2.75) is 59.5 Å². The number of nitrogens with zero attached hydrogens (tertiary/aromatic N) is 1. The van der Waals surface area contributed by atoms with Crippen LogP contribution in [0.25, 0.3) is 10.8 Å². The molecule has 2 rings (SSSR count). The van der Waals surface area contributed by atoms with Gasteiger partial charge in [0.25, 0.3) is 0 Å². The smallest absolute Gasteiger partial charge is 0.0239 e. The summed E-state index contributed by atoms with van der Waals surface area (Å²) in [4.78, 5) is 2.49. The number of hydrogen-bond acceptors (Lipinski definition) is 1. The SMILES string of the molecule is CC(CCCC(C)(C)C)N(C)Cc1cccc2ccccc12. The van der Waals surface area contributed by atoms with Crippen LogP contribution >= 0.6 is 0 Å². The third-order valence-corrected chi connectivity index (χ3v) is 4.60. The van der Waals surface area contributed by atoms with E-state index in [1.165, 1.54) is 35.6 Å². The lowest BCUT2D eigenvalue weighted by atomic mass is 9.89. The average molecular weight is 297 g/mol. The molecule has 0 aromatic heterocycles. The summed E-state index contributed by atoms with van der Waals surface area (Å²) in [5.74, 6) is 0. The zero-order valence-corrected chi connectivity index (χ0v) is 14.9. The van der Waals surface area contributed by atoms with Crippen molar-refractivity contribution in [2.75, 3.05) is 7.05 Å². The van der Waals surface area contributed by atoms with Crippen LogP contribution < -0.4 is 0 Å². The van der Waals surface area contributed by atoms with E-state index in [1.807, 2.05) is 0 Å². The molecule has 0 aliphatic heterocycles. The maximum atomic E-state index is 2.49. The molecule has 2 aromatic rings. The molecule has 0 N–H and O–H groups in total. The summed E-state index contributed by atoms with van der Waals surface area (Å²) < 4.78 is 0. The van der Waals surface area contributed by atoms with Crippen molar-refractivity contribution in [3.8, 4) is 0 Å². The van der Waals surface area contributed by atoms with Crippen LogP contribution in [0.2, 0.25) is 0 Å². The minimum absolute atomic E-state index is 0.452. The fraction of sp³-hybridized carbons (Fsp3) is 0.524. The van der Waals surface area contributed by atoms with Gasteiger partial charge in [-0.15, -0.1) is 0 Å². The molecule has 0 saturated heterocycles. The van der Waals surface area contributed by atoms with Gasteiger partial charge >= 0.3 is 0 Å². The van der Waals surface area contributed by atoms with E-state index in [1.54, 1.807) is 0 Å². The van der Waals surface area contributed by atoms with E-state index >= 15 is 0 Å². The van der Waals surface area contributed by atoms with Gasteiger partial charge in [0.15, 0.2) is 0 Å². The summed E-state index contributed by atoms with van der Waals surface area (Å²) in [6.45, 7) is 10.4. The molecular weight excluding hydrogens is 266 g/mol. The van der Waals surface area contributed by atoms with Gasteiger partial charge in [0.1, 0.15) is 0 Å². The van der Waals surface area contributed by atoms with Gasteiger partial charge in [-0.3, -0.25) is 4.90 Å². The fourth-order valence-corrected chi connectivity index (χ4v) is 3.00. The topological polar surface area (TPSA) is 3.24 Å². The van der Waals surface area contributed by atoms with Gasteiger partial charge in [0, 0.05) is 12.6 Å². The molecule has 0 saturated carbocycles. The first-order valence-corrected chi connectivity index (χ1v) is 8.54. The number of fused-ring (bicyclic) bond motifs is 1. The summed E-state index contributed by atoms with van der Waals surface area (Å²) in [7, 11) is 2.25. The molecule has 1 unspecified atom stereocenters. The highest BCUT2D eigenvalue weighted by molar-refractivity contribution is 5.85. The Balaban J connectivity index is 1.97. The highest BCUT2D eigenvalue weighted by Crippen LogP contribution is 2.24. The van der Waals surface area contributed by atoms with E-state index in [0.29, 0.717) is 11.5 Å². The van der Waals surface area contributed by atoms with E-state index in [4.69, 9.17) is 0 Å². The Labute approximate surface area is 136 Å². The van der Waals surface area contributed by atoms with E-state index in [-0.39, 0.29) is 0 Å². The van der Waals surface area contributed by atoms with Crippen molar-refractivity contribution < 1.29 is 0 Å². The Kier molecular flexibility index (Phi) is 5.63. The van der Waals surface area contributed by atoms with Crippen LogP contribution in [0.5, 0.6) is 0 Å². The molecule has 0 aliphatic carbocycles. The molecule has 0 amide bonds. The van der Waals surface area contributed by atoms with Crippen molar-refractivity contribution in [1.29, 1.82) is 0 Å². The Bertz CT molecular complexity index is 589. The maximum Gasteiger partial charge on any atom is 0.0239 e. The lowest BCUT2D eigenvalue weighted by molar-refractivity contribution is 0.225. The minimum Gasteiger partial charge on any atom is -0.299 e. The first kappa shape index (κ1) is 17.0. The van der Waals surface area contributed by atoms with Crippen molar-refractivity contribution in [3.05, 3.63) is 48.0 Å². The van der Waals surface area contributed by atoms with Crippen LogP contribution in [-0.4, -0.2) is 18.0 Å². The molecule has 0 spiro atoms. The molecule has 0 aliphatic rings. The summed E-state index contributed by atoms with van der Waals surface area (Å²) in [6.07, 6.45) is 3.89. The second-order valence-electron chi connectivity index (χ2n) is 7.86. The van der Waals surface area contributed by atoms with Gasteiger partial charge in [-0.05, 0) is 48.6 Å². The molecule has 1 heteroatoms. The zero-order chi connectivity index (χ0) is 16.2. The van der Waals surface area contributed by atoms with Crippen molar-refractivity contribution >= 4 is 10.8 Å². The Morgan fingerprint density at radius 2 is 1.68 bits per heavy atom. The van der Waals surface area contributed by atoms with Gasteiger partial charge in [-0.1, -0.05) is 69.7 Å². The van der Waals surface area contributed by atoms with Crippen molar-refractivity contribution in [2.24, 2.45) is 5.41 Å². The predicted molar refractivity (Wildman–Crippen MR) is 98.2 cm³/mol. The van der Waals surface area contributed by atoms with Crippen molar-refractivity contribution in [3.63, 3.8) is 0 Å².